The van der Waals surface area contributed by atoms with E-state index in [1.54, 1.807) is 0 Å². The first-order chi connectivity index (χ1) is 7.25. The van der Waals surface area contributed by atoms with Crippen molar-refractivity contribution in [1.82, 2.24) is 10.6 Å². The minimum Gasteiger partial charge on any atom is -0.355 e. The Bertz CT molecular complexity index is 224. The van der Waals surface area contributed by atoms with E-state index in [2.05, 4.69) is 17.6 Å². The average molecular weight is 210 g/mol. The zero-order valence-corrected chi connectivity index (χ0v) is 9.59. The highest BCUT2D eigenvalue weighted by molar-refractivity contribution is 5.78. The fourth-order valence-electron chi connectivity index (χ4n) is 2.36. The molecule has 2 N–H and O–H groups in total. The third-order valence-electron chi connectivity index (χ3n) is 3.74. The highest BCUT2D eigenvalue weighted by Gasteiger charge is 2.32. The molecule has 0 heterocycles. The topological polar surface area (TPSA) is 41.1 Å². The van der Waals surface area contributed by atoms with Gasteiger partial charge in [0, 0.05) is 12.6 Å². The molecule has 2 fully saturated rings. The van der Waals surface area contributed by atoms with Crippen LogP contribution in [0.3, 0.4) is 0 Å². The second-order valence-electron chi connectivity index (χ2n) is 5.14. The molecule has 86 valence electrons. The minimum atomic E-state index is 0.168. The molecule has 2 saturated carbocycles. The lowest BCUT2D eigenvalue weighted by atomic mass is 10.2. The molecule has 15 heavy (non-hydrogen) atoms. The van der Waals surface area contributed by atoms with Crippen LogP contribution in [-0.2, 0) is 4.79 Å². The van der Waals surface area contributed by atoms with Crippen molar-refractivity contribution in [2.24, 2.45) is 11.8 Å². The molecule has 2 unspecified atom stereocenters. The molecule has 0 aromatic heterocycles. The van der Waals surface area contributed by atoms with Crippen molar-refractivity contribution < 1.29 is 4.79 Å². The Kier molecular flexibility index (Phi) is 3.62. The molecule has 1 amide bonds. The van der Waals surface area contributed by atoms with Gasteiger partial charge in [0.2, 0.25) is 5.91 Å². The lowest BCUT2D eigenvalue weighted by Crippen LogP contribution is -2.38. The monoisotopic (exact) mass is 210 g/mol. The van der Waals surface area contributed by atoms with E-state index < -0.39 is 0 Å². The first-order valence-electron chi connectivity index (χ1n) is 6.26. The van der Waals surface area contributed by atoms with Gasteiger partial charge in [0.05, 0.1) is 6.54 Å². The standard InChI is InChI=1S/C12H22N2O/c1-9-6-10(9)7-14-12(15)8-13-11-4-2-3-5-11/h9-11,13H,2-8H2,1H3,(H,14,15). The van der Waals surface area contributed by atoms with E-state index in [9.17, 15) is 4.79 Å². The summed E-state index contributed by atoms with van der Waals surface area (Å²) in [6, 6.07) is 0.593. The van der Waals surface area contributed by atoms with Crippen LogP contribution in [-0.4, -0.2) is 25.0 Å². The predicted octanol–water partition coefficient (Wildman–Crippen LogP) is 1.29. The van der Waals surface area contributed by atoms with Gasteiger partial charge in [-0.05, 0) is 31.1 Å². The molecule has 2 rings (SSSR count). The van der Waals surface area contributed by atoms with Gasteiger partial charge < -0.3 is 10.6 Å². The molecule has 2 atom stereocenters. The third-order valence-corrected chi connectivity index (χ3v) is 3.74. The molecular formula is C12H22N2O. The van der Waals surface area contributed by atoms with Crippen molar-refractivity contribution in [2.75, 3.05) is 13.1 Å². The van der Waals surface area contributed by atoms with Crippen LogP contribution in [0, 0.1) is 11.8 Å². The maximum absolute atomic E-state index is 11.5. The Hall–Kier alpha value is -0.570. The zero-order valence-electron chi connectivity index (χ0n) is 9.59. The number of rotatable bonds is 5. The van der Waals surface area contributed by atoms with E-state index in [1.165, 1.54) is 32.1 Å². The molecule has 2 aliphatic carbocycles. The Balaban J connectivity index is 1.52. The van der Waals surface area contributed by atoms with Gasteiger partial charge >= 0.3 is 0 Å². The molecule has 0 aromatic carbocycles. The second-order valence-corrected chi connectivity index (χ2v) is 5.14. The fourth-order valence-corrected chi connectivity index (χ4v) is 2.36. The maximum atomic E-state index is 11.5. The Morgan fingerprint density at radius 3 is 2.60 bits per heavy atom. The van der Waals surface area contributed by atoms with Gasteiger partial charge in [-0.2, -0.15) is 0 Å². The smallest absolute Gasteiger partial charge is 0.233 e. The highest BCUT2D eigenvalue weighted by atomic mass is 16.1. The zero-order chi connectivity index (χ0) is 10.7. The highest BCUT2D eigenvalue weighted by Crippen LogP contribution is 2.36. The summed E-state index contributed by atoms with van der Waals surface area (Å²) in [5, 5.41) is 6.32. The minimum absolute atomic E-state index is 0.168. The molecule has 0 saturated heterocycles. The van der Waals surface area contributed by atoms with Gasteiger partial charge in [0.15, 0.2) is 0 Å². The SMILES string of the molecule is CC1CC1CNC(=O)CNC1CCCC1. The van der Waals surface area contributed by atoms with E-state index in [-0.39, 0.29) is 5.91 Å². The van der Waals surface area contributed by atoms with Crippen molar-refractivity contribution in [3.05, 3.63) is 0 Å². The molecule has 3 nitrogen and oxygen atoms in total. The van der Waals surface area contributed by atoms with Crippen molar-refractivity contribution >= 4 is 5.91 Å². The second kappa shape index (κ2) is 4.97. The summed E-state index contributed by atoms with van der Waals surface area (Å²) in [7, 11) is 0. The lowest BCUT2D eigenvalue weighted by Gasteiger charge is -2.11. The van der Waals surface area contributed by atoms with E-state index in [0.29, 0.717) is 12.6 Å². The summed E-state index contributed by atoms with van der Waals surface area (Å²) in [5.41, 5.74) is 0. The summed E-state index contributed by atoms with van der Waals surface area (Å²) in [5.74, 6) is 1.74. The van der Waals surface area contributed by atoms with Crippen molar-refractivity contribution in [2.45, 2.75) is 45.1 Å². The largest absolute Gasteiger partial charge is 0.355 e. The molecule has 0 aromatic rings. The van der Waals surface area contributed by atoms with Crippen LogP contribution >= 0.6 is 0 Å². The van der Waals surface area contributed by atoms with Gasteiger partial charge in [-0.3, -0.25) is 4.79 Å². The Labute approximate surface area is 92.0 Å². The molecule has 0 spiro atoms. The first-order valence-corrected chi connectivity index (χ1v) is 6.26. The van der Waals surface area contributed by atoms with Crippen LogP contribution in [0.2, 0.25) is 0 Å². The van der Waals surface area contributed by atoms with E-state index >= 15 is 0 Å². The summed E-state index contributed by atoms with van der Waals surface area (Å²) in [6.45, 7) is 3.63. The van der Waals surface area contributed by atoms with Crippen LogP contribution in [0.1, 0.15) is 39.0 Å². The molecule has 0 bridgehead atoms. The normalized spacial score (nSPS) is 30.5. The van der Waals surface area contributed by atoms with Crippen LogP contribution in [0.15, 0.2) is 0 Å². The average Bonchev–Trinajstić information content (AvgIpc) is 2.73. The molecule has 3 heteroatoms. The number of carbonyl (C=O) groups excluding carboxylic acids is 1. The van der Waals surface area contributed by atoms with Gasteiger partial charge in [-0.25, -0.2) is 0 Å². The van der Waals surface area contributed by atoms with Gasteiger partial charge in [0.25, 0.3) is 0 Å². The maximum Gasteiger partial charge on any atom is 0.233 e. The number of amides is 1. The van der Waals surface area contributed by atoms with Gasteiger partial charge in [-0.1, -0.05) is 19.8 Å². The van der Waals surface area contributed by atoms with Crippen molar-refractivity contribution in [3.63, 3.8) is 0 Å². The van der Waals surface area contributed by atoms with E-state index in [0.717, 1.165) is 18.4 Å². The van der Waals surface area contributed by atoms with E-state index in [4.69, 9.17) is 0 Å². The third kappa shape index (κ3) is 3.49. The number of carbonyl (C=O) groups is 1. The lowest BCUT2D eigenvalue weighted by molar-refractivity contribution is -0.120. The summed E-state index contributed by atoms with van der Waals surface area (Å²) in [4.78, 5) is 11.5. The number of hydrogen-bond donors (Lipinski definition) is 2. The fraction of sp³-hybridized carbons (Fsp3) is 0.917. The van der Waals surface area contributed by atoms with E-state index in [1.807, 2.05) is 0 Å². The molecule has 0 radical (unpaired) electrons. The van der Waals surface area contributed by atoms with Gasteiger partial charge in [0.1, 0.15) is 0 Å². The molecule has 0 aliphatic heterocycles. The van der Waals surface area contributed by atoms with Crippen LogP contribution in [0.5, 0.6) is 0 Å². The Morgan fingerprint density at radius 1 is 1.33 bits per heavy atom. The first kappa shape index (κ1) is 10.9. The van der Waals surface area contributed by atoms with Crippen LogP contribution in [0.25, 0.3) is 0 Å². The number of hydrogen-bond acceptors (Lipinski definition) is 2. The van der Waals surface area contributed by atoms with Gasteiger partial charge in [-0.15, -0.1) is 0 Å². The predicted molar refractivity (Wildman–Crippen MR) is 60.5 cm³/mol. The van der Waals surface area contributed by atoms with Crippen LogP contribution < -0.4 is 10.6 Å². The quantitative estimate of drug-likeness (QED) is 0.718. The molecule has 2 aliphatic rings. The van der Waals surface area contributed by atoms with Crippen molar-refractivity contribution in [3.8, 4) is 0 Å². The summed E-state index contributed by atoms with van der Waals surface area (Å²) in [6.07, 6.45) is 6.41. The van der Waals surface area contributed by atoms with Crippen LogP contribution in [0.4, 0.5) is 0 Å². The summed E-state index contributed by atoms with van der Waals surface area (Å²) < 4.78 is 0. The Morgan fingerprint density at radius 2 is 2.00 bits per heavy atom. The summed E-state index contributed by atoms with van der Waals surface area (Å²) >= 11 is 0. The van der Waals surface area contributed by atoms with Crippen molar-refractivity contribution in [1.29, 1.82) is 0 Å². The molecular weight excluding hydrogens is 188 g/mol. The number of nitrogens with one attached hydrogen (secondary N) is 2.